The van der Waals surface area contributed by atoms with Crippen molar-refractivity contribution in [3.63, 3.8) is 0 Å². The zero-order valence-corrected chi connectivity index (χ0v) is 11.8. The van der Waals surface area contributed by atoms with Crippen molar-refractivity contribution in [3.8, 4) is 0 Å². The van der Waals surface area contributed by atoms with Crippen LogP contribution in [0.2, 0.25) is 15.1 Å². The Labute approximate surface area is 120 Å². The molecule has 0 heterocycles. The van der Waals surface area contributed by atoms with Crippen molar-refractivity contribution in [1.29, 1.82) is 0 Å². The van der Waals surface area contributed by atoms with E-state index in [1.54, 1.807) is 43.3 Å². The lowest BCUT2D eigenvalue weighted by Gasteiger charge is -2.08. The first-order valence-electron chi connectivity index (χ1n) is 5.25. The lowest BCUT2D eigenvalue weighted by atomic mass is 9.99. The quantitative estimate of drug-likeness (QED) is 0.698. The lowest BCUT2D eigenvalue weighted by Crippen LogP contribution is -2.04. The molecule has 0 saturated carbocycles. The van der Waals surface area contributed by atoms with Gasteiger partial charge in [-0.2, -0.15) is 0 Å². The molecule has 0 bridgehead atoms. The second-order valence-electron chi connectivity index (χ2n) is 3.87. The summed E-state index contributed by atoms with van der Waals surface area (Å²) in [5.74, 6) is -0.178. The normalized spacial score (nSPS) is 10.4. The van der Waals surface area contributed by atoms with Crippen LogP contribution in [0.3, 0.4) is 0 Å². The van der Waals surface area contributed by atoms with Crippen molar-refractivity contribution in [3.05, 3.63) is 68.2 Å². The van der Waals surface area contributed by atoms with Gasteiger partial charge in [0.2, 0.25) is 0 Å². The van der Waals surface area contributed by atoms with Gasteiger partial charge in [-0.3, -0.25) is 4.79 Å². The van der Waals surface area contributed by atoms with Gasteiger partial charge in [0.15, 0.2) is 5.78 Å². The van der Waals surface area contributed by atoms with Crippen molar-refractivity contribution in [2.75, 3.05) is 0 Å². The summed E-state index contributed by atoms with van der Waals surface area (Å²) in [6.07, 6.45) is 0. The van der Waals surface area contributed by atoms with Crippen molar-refractivity contribution < 1.29 is 4.79 Å². The Hall–Kier alpha value is -1.02. The molecule has 0 unspecified atom stereocenters. The van der Waals surface area contributed by atoms with Crippen LogP contribution in [0.5, 0.6) is 0 Å². The van der Waals surface area contributed by atoms with Crippen LogP contribution in [-0.4, -0.2) is 5.78 Å². The van der Waals surface area contributed by atoms with Crippen LogP contribution in [0.25, 0.3) is 0 Å². The summed E-state index contributed by atoms with van der Waals surface area (Å²) < 4.78 is 0. The Balaban J connectivity index is 2.55. The average Bonchev–Trinajstić information content (AvgIpc) is 2.35. The van der Waals surface area contributed by atoms with E-state index in [9.17, 15) is 4.79 Å². The van der Waals surface area contributed by atoms with Crippen molar-refractivity contribution in [2.45, 2.75) is 6.92 Å². The summed E-state index contributed by atoms with van der Waals surface area (Å²) in [5, 5.41) is 1.41. The van der Waals surface area contributed by atoms with E-state index in [0.29, 0.717) is 26.2 Å². The second-order valence-corrected chi connectivity index (χ2v) is 5.12. The van der Waals surface area contributed by atoms with Gasteiger partial charge >= 0.3 is 0 Å². The Morgan fingerprint density at radius 2 is 1.67 bits per heavy atom. The van der Waals surface area contributed by atoms with Crippen LogP contribution in [0.4, 0.5) is 0 Å². The van der Waals surface area contributed by atoms with Gasteiger partial charge in [-0.1, -0.05) is 46.9 Å². The maximum Gasteiger partial charge on any atom is 0.194 e. The van der Waals surface area contributed by atoms with Crippen molar-refractivity contribution in [1.82, 2.24) is 0 Å². The van der Waals surface area contributed by atoms with Crippen LogP contribution in [0.1, 0.15) is 21.5 Å². The highest BCUT2D eigenvalue weighted by Crippen LogP contribution is 2.26. The van der Waals surface area contributed by atoms with Crippen molar-refractivity contribution >= 4 is 40.6 Å². The number of carbonyl (C=O) groups excluding carboxylic acids is 1. The molecule has 0 aliphatic heterocycles. The van der Waals surface area contributed by atoms with Crippen LogP contribution < -0.4 is 0 Å². The standard InChI is InChI=1S/C14H9Cl3O/c1-8-10(3-2-4-12(8)16)14(18)11-7-9(15)5-6-13(11)17/h2-7H,1H3. The zero-order valence-electron chi connectivity index (χ0n) is 9.51. The Kier molecular flexibility index (Phi) is 3.96. The largest absolute Gasteiger partial charge is 0.289 e. The third-order valence-electron chi connectivity index (χ3n) is 2.69. The van der Waals surface area contributed by atoms with Gasteiger partial charge in [0.1, 0.15) is 0 Å². The smallest absolute Gasteiger partial charge is 0.194 e. The molecule has 0 aliphatic carbocycles. The van der Waals surface area contributed by atoms with E-state index in [2.05, 4.69) is 0 Å². The molecule has 4 heteroatoms. The molecule has 0 radical (unpaired) electrons. The van der Waals surface area contributed by atoms with Gasteiger partial charge in [-0.05, 0) is 36.8 Å². The molecular weight excluding hydrogens is 291 g/mol. The van der Waals surface area contributed by atoms with Gasteiger partial charge in [0.05, 0.1) is 5.02 Å². The van der Waals surface area contributed by atoms with E-state index < -0.39 is 0 Å². The first kappa shape index (κ1) is 13.4. The summed E-state index contributed by atoms with van der Waals surface area (Å²) in [5.41, 5.74) is 1.65. The highest BCUT2D eigenvalue weighted by atomic mass is 35.5. The van der Waals surface area contributed by atoms with Crippen LogP contribution in [-0.2, 0) is 0 Å². The topological polar surface area (TPSA) is 17.1 Å². The molecule has 2 rings (SSSR count). The van der Waals surface area contributed by atoms with Crippen LogP contribution >= 0.6 is 34.8 Å². The molecule has 0 saturated heterocycles. The maximum atomic E-state index is 12.4. The Bertz CT molecular complexity index is 616. The minimum atomic E-state index is -0.178. The number of rotatable bonds is 2. The van der Waals surface area contributed by atoms with E-state index in [1.165, 1.54) is 0 Å². The lowest BCUT2D eigenvalue weighted by molar-refractivity contribution is 0.103. The van der Waals surface area contributed by atoms with E-state index in [-0.39, 0.29) is 5.78 Å². The summed E-state index contributed by atoms with van der Waals surface area (Å²) in [6.45, 7) is 1.80. The predicted octanol–water partition coefficient (Wildman–Crippen LogP) is 5.19. The number of carbonyl (C=O) groups is 1. The van der Waals surface area contributed by atoms with Gasteiger partial charge in [0, 0.05) is 21.2 Å². The molecule has 0 atom stereocenters. The SMILES string of the molecule is Cc1c(Cl)cccc1C(=O)c1cc(Cl)ccc1Cl. The molecular formula is C14H9Cl3O. The van der Waals surface area contributed by atoms with Gasteiger partial charge in [-0.15, -0.1) is 0 Å². The molecule has 92 valence electrons. The van der Waals surface area contributed by atoms with Gasteiger partial charge in [-0.25, -0.2) is 0 Å². The summed E-state index contributed by atoms with van der Waals surface area (Å²) in [6, 6.07) is 10.0. The van der Waals surface area contributed by atoms with E-state index in [1.807, 2.05) is 0 Å². The highest BCUT2D eigenvalue weighted by Gasteiger charge is 2.16. The molecule has 0 fully saturated rings. The third kappa shape index (κ3) is 2.54. The molecule has 1 nitrogen and oxygen atoms in total. The first-order chi connectivity index (χ1) is 8.50. The predicted molar refractivity (Wildman–Crippen MR) is 76.1 cm³/mol. The number of halogens is 3. The second kappa shape index (κ2) is 5.31. The molecule has 0 amide bonds. The molecule has 0 spiro atoms. The zero-order chi connectivity index (χ0) is 13.3. The highest BCUT2D eigenvalue weighted by molar-refractivity contribution is 6.37. The average molecular weight is 300 g/mol. The maximum absolute atomic E-state index is 12.4. The summed E-state index contributed by atoms with van der Waals surface area (Å²) in [4.78, 5) is 12.4. The molecule has 2 aromatic rings. The fourth-order valence-electron chi connectivity index (χ4n) is 1.67. The minimum absolute atomic E-state index is 0.178. The first-order valence-corrected chi connectivity index (χ1v) is 6.39. The Morgan fingerprint density at radius 3 is 2.39 bits per heavy atom. The van der Waals surface area contributed by atoms with E-state index in [4.69, 9.17) is 34.8 Å². The van der Waals surface area contributed by atoms with Gasteiger partial charge in [0.25, 0.3) is 0 Å². The number of hydrogen-bond acceptors (Lipinski definition) is 1. The molecule has 0 aromatic heterocycles. The fourth-order valence-corrected chi connectivity index (χ4v) is 2.22. The van der Waals surface area contributed by atoms with Crippen LogP contribution in [0.15, 0.2) is 36.4 Å². The monoisotopic (exact) mass is 298 g/mol. The van der Waals surface area contributed by atoms with Crippen LogP contribution in [0, 0.1) is 6.92 Å². The van der Waals surface area contributed by atoms with Gasteiger partial charge < -0.3 is 0 Å². The molecule has 18 heavy (non-hydrogen) atoms. The van der Waals surface area contributed by atoms with Crippen molar-refractivity contribution in [2.24, 2.45) is 0 Å². The van der Waals surface area contributed by atoms with E-state index in [0.717, 1.165) is 5.56 Å². The minimum Gasteiger partial charge on any atom is -0.289 e. The molecule has 2 aromatic carbocycles. The summed E-state index contributed by atoms with van der Waals surface area (Å²) >= 11 is 17.9. The number of benzene rings is 2. The molecule has 0 aliphatic rings. The Morgan fingerprint density at radius 1 is 0.944 bits per heavy atom. The number of ketones is 1. The fraction of sp³-hybridized carbons (Fsp3) is 0.0714. The third-order valence-corrected chi connectivity index (χ3v) is 3.66. The molecule has 0 N–H and O–H groups in total. The number of hydrogen-bond donors (Lipinski definition) is 0. The van der Waals surface area contributed by atoms with E-state index >= 15 is 0 Å². The summed E-state index contributed by atoms with van der Waals surface area (Å²) in [7, 11) is 0.